The van der Waals surface area contributed by atoms with Crippen LogP contribution in [0.1, 0.15) is 27.0 Å². The number of amides is 1. The molecular formula is C18H13F6NO3. The van der Waals surface area contributed by atoms with Crippen LogP contribution in [0.2, 0.25) is 0 Å². The number of alkyl halides is 6. The molecule has 1 N–H and O–H groups in total. The molecule has 0 aliphatic rings. The van der Waals surface area contributed by atoms with Crippen molar-refractivity contribution in [2.75, 3.05) is 11.9 Å². The van der Waals surface area contributed by atoms with Crippen LogP contribution in [0.5, 0.6) is 0 Å². The molecule has 0 heterocycles. The summed E-state index contributed by atoms with van der Waals surface area (Å²) in [5, 5.41) is 1.87. The number of anilines is 1. The van der Waals surface area contributed by atoms with E-state index < -0.39 is 47.7 Å². The van der Waals surface area contributed by atoms with E-state index in [0.717, 1.165) is 5.56 Å². The number of carbonyl (C=O) groups is 2. The van der Waals surface area contributed by atoms with Gasteiger partial charge in [0.2, 0.25) is 0 Å². The second-order valence-electron chi connectivity index (χ2n) is 5.79. The predicted molar refractivity (Wildman–Crippen MR) is 86.5 cm³/mol. The van der Waals surface area contributed by atoms with Crippen LogP contribution in [0, 0.1) is 6.92 Å². The number of hydrogen-bond donors (Lipinski definition) is 1. The van der Waals surface area contributed by atoms with Crippen molar-refractivity contribution in [3.8, 4) is 0 Å². The summed E-state index contributed by atoms with van der Waals surface area (Å²) in [7, 11) is 0. The van der Waals surface area contributed by atoms with Crippen LogP contribution in [0.3, 0.4) is 0 Å². The van der Waals surface area contributed by atoms with Gasteiger partial charge >= 0.3 is 18.3 Å². The minimum atomic E-state index is -5.04. The Morgan fingerprint density at radius 3 is 2.00 bits per heavy atom. The quantitative estimate of drug-likeness (QED) is 0.586. The molecule has 0 unspecified atom stereocenters. The first-order valence-electron chi connectivity index (χ1n) is 7.69. The molecule has 0 radical (unpaired) electrons. The van der Waals surface area contributed by atoms with Crippen molar-refractivity contribution >= 4 is 17.6 Å². The van der Waals surface area contributed by atoms with Crippen LogP contribution >= 0.6 is 0 Å². The Hall–Kier alpha value is -3.04. The topological polar surface area (TPSA) is 55.4 Å². The van der Waals surface area contributed by atoms with Crippen molar-refractivity contribution in [2.24, 2.45) is 0 Å². The Morgan fingerprint density at radius 1 is 0.929 bits per heavy atom. The largest absolute Gasteiger partial charge is 0.452 e. The fourth-order valence-corrected chi connectivity index (χ4v) is 2.21. The molecule has 10 heteroatoms. The number of carbonyl (C=O) groups excluding carboxylic acids is 2. The van der Waals surface area contributed by atoms with E-state index in [9.17, 15) is 35.9 Å². The molecule has 0 aliphatic heterocycles. The lowest BCUT2D eigenvalue weighted by molar-refractivity contribution is -0.143. The van der Waals surface area contributed by atoms with Crippen molar-refractivity contribution in [1.82, 2.24) is 0 Å². The summed E-state index contributed by atoms with van der Waals surface area (Å²) in [5.41, 5.74) is -2.98. The third-order valence-electron chi connectivity index (χ3n) is 3.46. The molecule has 0 bridgehead atoms. The molecular weight excluding hydrogens is 392 g/mol. The monoisotopic (exact) mass is 405 g/mol. The normalized spacial score (nSPS) is 11.8. The molecule has 0 fully saturated rings. The number of ether oxygens (including phenoxy) is 1. The number of hydrogen-bond acceptors (Lipinski definition) is 3. The van der Waals surface area contributed by atoms with Crippen LogP contribution in [0.25, 0.3) is 0 Å². The molecule has 0 aromatic heterocycles. The summed E-state index contributed by atoms with van der Waals surface area (Å²) in [5.74, 6) is -1.95. The molecule has 0 atom stereocenters. The van der Waals surface area contributed by atoms with Gasteiger partial charge in [0, 0.05) is 5.69 Å². The van der Waals surface area contributed by atoms with Crippen molar-refractivity contribution in [1.29, 1.82) is 0 Å². The van der Waals surface area contributed by atoms with Gasteiger partial charge in [-0.05, 0) is 37.3 Å². The highest BCUT2D eigenvalue weighted by atomic mass is 19.4. The zero-order valence-corrected chi connectivity index (χ0v) is 14.2. The van der Waals surface area contributed by atoms with Gasteiger partial charge in [0.15, 0.2) is 6.61 Å². The molecule has 0 spiro atoms. The Bertz CT molecular complexity index is 857. The highest BCUT2D eigenvalue weighted by Crippen LogP contribution is 2.37. The lowest BCUT2D eigenvalue weighted by Crippen LogP contribution is -2.22. The van der Waals surface area contributed by atoms with Crippen LogP contribution in [-0.2, 0) is 21.9 Å². The number of benzene rings is 2. The Balaban J connectivity index is 2.11. The van der Waals surface area contributed by atoms with Gasteiger partial charge in [0.1, 0.15) is 0 Å². The average molecular weight is 405 g/mol. The Labute approximate surface area is 155 Å². The standard InChI is InChI=1S/C18H13F6NO3/c1-10-3-2-4-11(5-10)16(27)28-9-15(26)25-14-7-12(17(19,20)21)6-13(8-14)18(22,23)24/h2-8H,9H2,1H3,(H,25,26). The van der Waals surface area contributed by atoms with Gasteiger partial charge in [0.25, 0.3) is 5.91 Å². The fraction of sp³-hybridized carbons (Fsp3) is 0.222. The first-order valence-corrected chi connectivity index (χ1v) is 7.69. The maximum absolute atomic E-state index is 12.8. The summed E-state index contributed by atoms with van der Waals surface area (Å²) < 4.78 is 81.5. The van der Waals surface area contributed by atoms with Crippen LogP contribution < -0.4 is 5.32 Å². The lowest BCUT2D eigenvalue weighted by atomic mass is 10.1. The molecule has 28 heavy (non-hydrogen) atoms. The molecule has 0 saturated carbocycles. The van der Waals surface area contributed by atoms with Gasteiger partial charge in [0.05, 0.1) is 16.7 Å². The van der Waals surface area contributed by atoms with Crippen molar-refractivity contribution in [2.45, 2.75) is 19.3 Å². The molecule has 150 valence electrons. The summed E-state index contributed by atoms with van der Waals surface area (Å²) in [4.78, 5) is 23.6. The molecule has 0 aliphatic carbocycles. The van der Waals surface area contributed by atoms with Gasteiger partial charge in [-0.15, -0.1) is 0 Å². The number of aryl methyl sites for hydroxylation is 1. The van der Waals surface area contributed by atoms with Crippen LogP contribution in [0.4, 0.5) is 32.0 Å². The third-order valence-corrected chi connectivity index (χ3v) is 3.46. The van der Waals surface area contributed by atoms with Crippen molar-refractivity contribution in [3.63, 3.8) is 0 Å². The predicted octanol–water partition coefficient (Wildman–Crippen LogP) is 4.83. The van der Waals surface area contributed by atoms with Crippen molar-refractivity contribution in [3.05, 3.63) is 64.7 Å². The number of rotatable bonds is 4. The lowest BCUT2D eigenvalue weighted by Gasteiger charge is -2.14. The van der Waals surface area contributed by atoms with Gasteiger partial charge in [-0.25, -0.2) is 4.79 Å². The maximum Gasteiger partial charge on any atom is 0.416 e. The number of nitrogens with one attached hydrogen (secondary N) is 1. The molecule has 2 rings (SSSR count). The van der Waals surface area contributed by atoms with E-state index >= 15 is 0 Å². The smallest absolute Gasteiger partial charge is 0.416 e. The second-order valence-corrected chi connectivity index (χ2v) is 5.79. The van der Waals surface area contributed by atoms with Gasteiger partial charge in [-0.1, -0.05) is 17.7 Å². The van der Waals surface area contributed by atoms with E-state index in [1.807, 2.05) is 5.32 Å². The fourth-order valence-electron chi connectivity index (χ4n) is 2.21. The Kier molecular flexibility index (Phi) is 6.01. The van der Waals surface area contributed by atoms with Crippen molar-refractivity contribution < 1.29 is 40.7 Å². The van der Waals surface area contributed by atoms with E-state index in [1.165, 1.54) is 12.1 Å². The summed E-state index contributed by atoms with van der Waals surface area (Å²) in [6, 6.07) is 6.86. The molecule has 1 amide bonds. The summed E-state index contributed by atoms with van der Waals surface area (Å²) in [6.07, 6.45) is -10.1. The minimum Gasteiger partial charge on any atom is -0.452 e. The number of halogens is 6. The second kappa shape index (κ2) is 7.91. The zero-order chi connectivity index (χ0) is 21.1. The molecule has 0 saturated heterocycles. The van der Waals surface area contributed by atoms with E-state index in [1.54, 1.807) is 19.1 Å². The van der Waals surface area contributed by atoms with Crippen LogP contribution in [-0.4, -0.2) is 18.5 Å². The summed E-state index contributed by atoms with van der Waals surface area (Å²) >= 11 is 0. The third kappa shape index (κ3) is 5.73. The maximum atomic E-state index is 12.8. The van der Waals surface area contributed by atoms with Crippen LogP contribution in [0.15, 0.2) is 42.5 Å². The highest BCUT2D eigenvalue weighted by molar-refractivity contribution is 5.95. The van der Waals surface area contributed by atoms with E-state index in [4.69, 9.17) is 4.74 Å². The van der Waals surface area contributed by atoms with Gasteiger partial charge in [-0.3, -0.25) is 4.79 Å². The van der Waals surface area contributed by atoms with E-state index in [0.29, 0.717) is 12.1 Å². The Morgan fingerprint density at radius 2 is 1.50 bits per heavy atom. The number of esters is 1. The van der Waals surface area contributed by atoms with Gasteiger partial charge in [-0.2, -0.15) is 26.3 Å². The van der Waals surface area contributed by atoms with Gasteiger partial charge < -0.3 is 10.1 Å². The first kappa shape index (κ1) is 21.3. The average Bonchev–Trinajstić information content (AvgIpc) is 2.58. The van der Waals surface area contributed by atoms with E-state index in [-0.39, 0.29) is 11.6 Å². The minimum absolute atomic E-state index is 0.0621. The zero-order valence-electron chi connectivity index (χ0n) is 14.2. The van der Waals surface area contributed by atoms with E-state index in [2.05, 4.69) is 0 Å². The summed E-state index contributed by atoms with van der Waals surface area (Å²) in [6.45, 7) is 0.833. The molecule has 2 aromatic carbocycles. The highest BCUT2D eigenvalue weighted by Gasteiger charge is 2.37. The SMILES string of the molecule is Cc1cccc(C(=O)OCC(=O)Nc2cc(C(F)(F)F)cc(C(F)(F)F)c2)c1. The molecule has 2 aromatic rings. The molecule has 4 nitrogen and oxygen atoms in total. The first-order chi connectivity index (χ1) is 12.9.